The molecule has 1 fully saturated rings. The molecule has 1 heterocycles. The largest absolute Gasteiger partial charge is 0.481 e. The fourth-order valence-corrected chi connectivity index (χ4v) is 1.75. The van der Waals surface area contributed by atoms with Gasteiger partial charge in [0.2, 0.25) is 0 Å². The van der Waals surface area contributed by atoms with Crippen molar-refractivity contribution in [2.45, 2.75) is 31.1 Å². The summed E-state index contributed by atoms with van der Waals surface area (Å²) in [7, 11) is 1.29. The summed E-state index contributed by atoms with van der Waals surface area (Å²) >= 11 is 0. The summed E-state index contributed by atoms with van der Waals surface area (Å²) < 4.78 is 42.9. The number of carboxylic acids is 1. The molecule has 1 N–H and O–H groups in total. The second kappa shape index (κ2) is 5.01. The monoisotopic (exact) mass is 241 g/mol. The molecule has 0 aliphatic carbocycles. The molecular weight excluding hydrogens is 227 g/mol. The maximum absolute atomic E-state index is 12.6. The molecule has 1 saturated heterocycles. The molecule has 2 unspecified atom stereocenters. The van der Waals surface area contributed by atoms with Crippen LogP contribution in [0.3, 0.4) is 0 Å². The van der Waals surface area contributed by atoms with Crippen molar-refractivity contribution in [2.75, 3.05) is 20.3 Å². The molecule has 94 valence electrons. The van der Waals surface area contributed by atoms with Gasteiger partial charge in [-0.25, -0.2) is 0 Å². The maximum atomic E-state index is 12.6. The molecule has 0 aromatic carbocycles. The fraction of sp³-hybridized carbons (Fsp3) is 0.889. The highest BCUT2D eigenvalue weighted by molar-refractivity contribution is 5.67. The van der Waals surface area contributed by atoms with Gasteiger partial charge in [-0.1, -0.05) is 0 Å². The summed E-state index contributed by atoms with van der Waals surface area (Å²) in [5, 5.41) is 8.48. The number of nitrogens with zero attached hydrogens (tertiary/aromatic N) is 1. The molecule has 1 aliphatic heterocycles. The minimum atomic E-state index is -4.53. The van der Waals surface area contributed by atoms with Crippen LogP contribution in [0.1, 0.15) is 12.8 Å². The first-order valence-electron chi connectivity index (χ1n) is 4.90. The van der Waals surface area contributed by atoms with Gasteiger partial charge in [0.1, 0.15) is 6.04 Å². The van der Waals surface area contributed by atoms with Gasteiger partial charge in [0, 0.05) is 12.6 Å². The number of aliphatic carboxylic acids is 1. The van der Waals surface area contributed by atoms with E-state index in [4.69, 9.17) is 9.84 Å². The summed E-state index contributed by atoms with van der Waals surface area (Å²) in [5.41, 5.74) is 0. The van der Waals surface area contributed by atoms with Gasteiger partial charge in [-0.05, 0) is 13.5 Å². The average Bonchev–Trinajstić information content (AvgIpc) is 2.63. The summed E-state index contributed by atoms with van der Waals surface area (Å²) in [4.78, 5) is 11.5. The molecular formula is C9H14F3NO3. The van der Waals surface area contributed by atoms with Crippen LogP contribution in [-0.4, -0.2) is 54.5 Å². The van der Waals surface area contributed by atoms with E-state index in [0.29, 0.717) is 13.0 Å². The minimum Gasteiger partial charge on any atom is -0.481 e. The third kappa shape index (κ3) is 3.34. The first-order chi connectivity index (χ1) is 7.32. The Balaban J connectivity index is 2.70. The average molecular weight is 241 g/mol. The van der Waals surface area contributed by atoms with E-state index < -0.39 is 24.6 Å². The zero-order valence-corrected chi connectivity index (χ0v) is 8.83. The van der Waals surface area contributed by atoms with E-state index in [-0.39, 0.29) is 12.6 Å². The second-order valence-corrected chi connectivity index (χ2v) is 3.84. The second-order valence-electron chi connectivity index (χ2n) is 3.84. The van der Waals surface area contributed by atoms with Crippen LogP contribution < -0.4 is 0 Å². The van der Waals surface area contributed by atoms with E-state index in [1.807, 2.05) is 0 Å². The third-order valence-corrected chi connectivity index (χ3v) is 2.72. The van der Waals surface area contributed by atoms with Crippen LogP contribution in [0.4, 0.5) is 13.2 Å². The third-order valence-electron chi connectivity index (χ3n) is 2.72. The molecule has 0 radical (unpaired) electrons. The van der Waals surface area contributed by atoms with E-state index in [9.17, 15) is 18.0 Å². The van der Waals surface area contributed by atoms with Crippen molar-refractivity contribution in [1.82, 2.24) is 4.90 Å². The van der Waals surface area contributed by atoms with Crippen LogP contribution in [0.15, 0.2) is 0 Å². The zero-order chi connectivity index (χ0) is 12.3. The minimum absolute atomic E-state index is 0.225. The Kier molecular flexibility index (Phi) is 4.15. The van der Waals surface area contributed by atoms with Crippen LogP contribution in [-0.2, 0) is 9.53 Å². The topological polar surface area (TPSA) is 49.8 Å². The van der Waals surface area contributed by atoms with Gasteiger partial charge in [0.25, 0.3) is 0 Å². The highest BCUT2D eigenvalue weighted by atomic mass is 19.4. The normalized spacial score (nSPS) is 23.7. The highest BCUT2D eigenvalue weighted by Gasteiger charge is 2.45. The Morgan fingerprint density at radius 1 is 1.62 bits per heavy atom. The van der Waals surface area contributed by atoms with Gasteiger partial charge >= 0.3 is 12.1 Å². The molecule has 0 saturated carbocycles. The number of likely N-dealkylation sites (N-methyl/N-ethyl adjacent to an activating group) is 1. The van der Waals surface area contributed by atoms with Gasteiger partial charge in [0.15, 0.2) is 0 Å². The van der Waals surface area contributed by atoms with Crippen molar-refractivity contribution >= 4 is 5.97 Å². The molecule has 4 nitrogen and oxygen atoms in total. The molecule has 0 aromatic rings. The molecule has 0 amide bonds. The molecule has 0 spiro atoms. The Hall–Kier alpha value is -0.820. The molecule has 0 bridgehead atoms. The van der Waals surface area contributed by atoms with Gasteiger partial charge in [-0.15, -0.1) is 0 Å². The van der Waals surface area contributed by atoms with E-state index >= 15 is 0 Å². The Labute approximate surface area is 91.0 Å². The number of hydrogen-bond donors (Lipinski definition) is 1. The van der Waals surface area contributed by atoms with E-state index in [1.54, 1.807) is 0 Å². The molecule has 1 rings (SSSR count). The van der Waals surface area contributed by atoms with Crippen LogP contribution >= 0.6 is 0 Å². The first kappa shape index (κ1) is 13.2. The predicted octanol–water partition coefficient (Wildman–Crippen LogP) is 1.11. The molecule has 7 heteroatoms. The van der Waals surface area contributed by atoms with Gasteiger partial charge in [-0.2, -0.15) is 13.2 Å². The quantitative estimate of drug-likeness (QED) is 0.801. The van der Waals surface area contributed by atoms with E-state index in [1.165, 1.54) is 7.05 Å². The van der Waals surface area contributed by atoms with Crippen LogP contribution in [0.25, 0.3) is 0 Å². The smallest absolute Gasteiger partial charge is 0.404 e. The summed E-state index contributed by atoms with van der Waals surface area (Å²) in [5.74, 6) is -1.45. The zero-order valence-electron chi connectivity index (χ0n) is 8.83. The van der Waals surface area contributed by atoms with Gasteiger partial charge in [-0.3, -0.25) is 9.69 Å². The van der Waals surface area contributed by atoms with Crippen LogP contribution in [0.2, 0.25) is 0 Å². The number of carbonyl (C=O) groups is 1. The lowest BCUT2D eigenvalue weighted by atomic mass is 10.1. The first-order valence-corrected chi connectivity index (χ1v) is 4.90. The number of halogens is 3. The number of hydrogen-bond acceptors (Lipinski definition) is 3. The van der Waals surface area contributed by atoms with Crippen molar-refractivity contribution in [1.29, 1.82) is 0 Å². The van der Waals surface area contributed by atoms with E-state index in [0.717, 1.165) is 4.90 Å². The van der Waals surface area contributed by atoms with Crippen molar-refractivity contribution in [3.63, 3.8) is 0 Å². The van der Waals surface area contributed by atoms with Crippen LogP contribution in [0.5, 0.6) is 0 Å². The molecule has 0 aromatic heterocycles. The Morgan fingerprint density at radius 3 is 2.62 bits per heavy atom. The lowest BCUT2D eigenvalue weighted by Crippen LogP contribution is -2.49. The predicted molar refractivity (Wildman–Crippen MR) is 49.1 cm³/mol. The van der Waals surface area contributed by atoms with Gasteiger partial charge < -0.3 is 9.84 Å². The summed E-state index contributed by atoms with van der Waals surface area (Å²) in [6, 6.07) is -2.30. The highest BCUT2D eigenvalue weighted by Crippen LogP contribution is 2.29. The van der Waals surface area contributed by atoms with Crippen LogP contribution in [0, 0.1) is 0 Å². The van der Waals surface area contributed by atoms with Crippen molar-refractivity contribution in [3.8, 4) is 0 Å². The van der Waals surface area contributed by atoms with Crippen molar-refractivity contribution in [3.05, 3.63) is 0 Å². The van der Waals surface area contributed by atoms with E-state index in [2.05, 4.69) is 0 Å². The van der Waals surface area contributed by atoms with Crippen molar-refractivity contribution < 1.29 is 27.8 Å². The van der Waals surface area contributed by atoms with Crippen molar-refractivity contribution in [2.24, 2.45) is 0 Å². The number of alkyl halides is 3. The Morgan fingerprint density at radius 2 is 2.25 bits per heavy atom. The Bertz CT molecular complexity index is 251. The maximum Gasteiger partial charge on any atom is 0.404 e. The molecule has 2 atom stereocenters. The number of carboxylic acid groups (broad SMARTS) is 1. The number of rotatable bonds is 4. The molecule has 16 heavy (non-hydrogen) atoms. The summed E-state index contributed by atoms with van der Waals surface area (Å²) in [6.07, 6.45) is -4.96. The molecule has 1 aliphatic rings. The van der Waals surface area contributed by atoms with Gasteiger partial charge in [0.05, 0.1) is 13.0 Å². The SMILES string of the molecule is CN(C1CCOC1)C(CC(=O)O)C(F)(F)F. The lowest BCUT2D eigenvalue weighted by molar-refractivity contribution is -0.192. The summed E-state index contributed by atoms with van der Waals surface area (Å²) in [6.45, 7) is 0.648. The fourth-order valence-electron chi connectivity index (χ4n) is 1.75. The lowest BCUT2D eigenvalue weighted by Gasteiger charge is -2.32. The standard InChI is InChI=1S/C9H14F3NO3/c1-13(6-2-3-16-5-6)7(4-8(14)15)9(10,11)12/h6-7H,2-5H2,1H3,(H,14,15). The number of ether oxygens (including phenoxy) is 1.